The number of fused-ring (bicyclic) bond motifs is 1. The number of aromatic nitrogens is 3. The Morgan fingerprint density at radius 3 is 2.41 bits per heavy atom. The van der Waals surface area contributed by atoms with Gasteiger partial charge in [-0.2, -0.15) is 0 Å². The van der Waals surface area contributed by atoms with Gasteiger partial charge in [-0.3, -0.25) is 15.1 Å². The molecule has 0 radical (unpaired) electrons. The van der Waals surface area contributed by atoms with Crippen LogP contribution in [0.3, 0.4) is 0 Å². The Labute approximate surface area is 197 Å². The molecule has 0 saturated carbocycles. The van der Waals surface area contributed by atoms with Crippen molar-refractivity contribution in [2.24, 2.45) is 0 Å². The van der Waals surface area contributed by atoms with E-state index in [1.807, 2.05) is 50.2 Å². The molecule has 3 N–H and O–H groups in total. The second-order valence-electron chi connectivity index (χ2n) is 8.72. The van der Waals surface area contributed by atoms with Crippen LogP contribution in [-0.2, 0) is 10.2 Å². The van der Waals surface area contributed by atoms with E-state index >= 15 is 0 Å². The van der Waals surface area contributed by atoms with Gasteiger partial charge in [0.15, 0.2) is 0 Å². The molecule has 0 aliphatic carbocycles. The van der Waals surface area contributed by atoms with E-state index in [0.29, 0.717) is 5.82 Å². The van der Waals surface area contributed by atoms with Gasteiger partial charge in [-0.25, -0.2) is 9.78 Å². The summed E-state index contributed by atoms with van der Waals surface area (Å²) in [6.45, 7) is 5.54. The van der Waals surface area contributed by atoms with Crippen molar-refractivity contribution >= 4 is 22.7 Å². The van der Waals surface area contributed by atoms with Crippen LogP contribution in [0.5, 0.6) is 5.75 Å². The van der Waals surface area contributed by atoms with Gasteiger partial charge in [-0.1, -0.05) is 32.0 Å². The van der Waals surface area contributed by atoms with E-state index < -0.39 is 17.4 Å². The molecule has 0 aliphatic heterocycles. The van der Waals surface area contributed by atoms with Crippen LogP contribution in [0, 0.1) is 0 Å². The maximum Gasteiger partial charge on any atom is 0.321 e. The number of hydrogen-bond donors (Lipinski definition) is 3. The molecule has 4 aromatic rings. The number of carbonyl (C=O) groups excluding carboxylic acids is 2. The van der Waals surface area contributed by atoms with Crippen molar-refractivity contribution in [3.8, 4) is 28.3 Å². The number of imidazole rings is 1. The Bertz CT molecular complexity index is 1350. The summed E-state index contributed by atoms with van der Waals surface area (Å²) in [5, 5.41) is 7.12. The van der Waals surface area contributed by atoms with Crippen LogP contribution in [0.25, 0.3) is 33.3 Å². The van der Waals surface area contributed by atoms with E-state index in [4.69, 9.17) is 9.72 Å². The van der Waals surface area contributed by atoms with E-state index in [9.17, 15) is 9.59 Å². The van der Waals surface area contributed by atoms with E-state index in [1.54, 1.807) is 19.5 Å². The summed E-state index contributed by atoms with van der Waals surface area (Å²) in [5.74, 6) is 1.11. The number of imide groups is 1. The van der Waals surface area contributed by atoms with Crippen molar-refractivity contribution < 1.29 is 14.3 Å². The number of ether oxygens (including phenoxy) is 1. The Morgan fingerprint density at radius 1 is 1.00 bits per heavy atom. The summed E-state index contributed by atoms with van der Waals surface area (Å²) in [7, 11) is 1.65. The highest BCUT2D eigenvalue weighted by Gasteiger charge is 2.28. The van der Waals surface area contributed by atoms with Gasteiger partial charge in [0.05, 0.1) is 18.5 Å². The number of urea groups is 1. The molecular weight excluding hydrogens is 430 g/mol. The molecule has 3 amide bonds. The van der Waals surface area contributed by atoms with E-state index in [0.717, 1.165) is 39.0 Å². The number of nitrogens with zero attached hydrogens (tertiary/aromatic N) is 2. The lowest BCUT2D eigenvalue weighted by Crippen LogP contribution is -2.44. The van der Waals surface area contributed by atoms with E-state index in [2.05, 4.69) is 32.7 Å². The number of methoxy groups -OCH3 is 1. The molecule has 174 valence electrons. The van der Waals surface area contributed by atoms with Crippen LogP contribution in [0.15, 0.2) is 60.9 Å². The minimum absolute atomic E-state index is 0.284. The second-order valence-corrected chi connectivity index (χ2v) is 8.72. The zero-order valence-corrected chi connectivity index (χ0v) is 19.6. The molecule has 0 bridgehead atoms. The van der Waals surface area contributed by atoms with Gasteiger partial charge in [0.25, 0.3) is 0 Å². The number of hydrogen-bond acceptors (Lipinski definition) is 5. The number of rotatable bonds is 6. The SMILES string of the molecule is COc1ccc2cc(-c3nc(C(C)(C)CNC(=O)NC(C)=O)[nH]c3-c3ccncc3)ccc2c1. The van der Waals surface area contributed by atoms with Gasteiger partial charge >= 0.3 is 6.03 Å². The van der Waals surface area contributed by atoms with Crippen molar-refractivity contribution in [3.63, 3.8) is 0 Å². The molecule has 0 saturated heterocycles. The van der Waals surface area contributed by atoms with Crippen molar-refractivity contribution in [1.29, 1.82) is 0 Å². The van der Waals surface area contributed by atoms with Crippen LogP contribution in [0.4, 0.5) is 4.79 Å². The van der Waals surface area contributed by atoms with E-state index in [-0.39, 0.29) is 6.54 Å². The highest BCUT2D eigenvalue weighted by molar-refractivity contribution is 5.93. The molecule has 0 atom stereocenters. The average Bonchev–Trinajstić information content (AvgIpc) is 3.29. The highest BCUT2D eigenvalue weighted by Crippen LogP contribution is 2.35. The van der Waals surface area contributed by atoms with Gasteiger partial charge in [0.2, 0.25) is 5.91 Å². The third-order valence-corrected chi connectivity index (χ3v) is 5.62. The second kappa shape index (κ2) is 9.35. The Hall–Kier alpha value is -4.20. The van der Waals surface area contributed by atoms with Gasteiger partial charge in [0.1, 0.15) is 11.6 Å². The van der Waals surface area contributed by atoms with Crippen molar-refractivity contribution in [2.75, 3.05) is 13.7 Å². The number of benzene rings is 2. The third kappa shape index (κ3) is 4.91. The molecule has 34 heavy (non-hydrogen) atoms. The fourth-order valence-corrected chi connectivity index (χ4v) is 3.72. The van der Waals surface area contributed by atoms with Gasteiger partial charge in [0, 0.05) is 42.4 Å². The molecule has 8 heteroatoms. The fourth-order valence-electron chi connectivity index (χ4n) is 3.72. The van der Waals surface area contributed by atoms with Gasteiger partial charge in [-0.05, 0) is 41.1 Å². The lowest BCUT2D eigenvalue weighted by molar-refractivity contribution is -0.117. The first-order valence-corrected chi connectivity index (χ1v) is 10.9. The Balaban J connectivity index is 1.74. The first kappa shape index (κ1) is 23.0. The molecule has 2 aromatic carbocycles. The summed E-state index contributed by atoms with van der Waals surface area (Å²) in [6.07, 6.45) is 3.48. The summed E-state index contributed by atoms with van der Waals surface area (Å²) in [6, 6.07) is 15.5. The average molecular weight is 458 g/mol. The Morgan fingerprint density at radius 2 is 1.71 bits per heavy atom. The first-order chi connectivity index (χ1) is 16.3. The van der Waals surface area contributed by atoms with Crippen molar-refractivity contribution in [2.45, 2.75) is 26.2 Å². The zero-order chi connectivity index (χ0) is 24.3. The summed E-state index contributed by atoms with van der Waals surface area (Å²) in [4.78, 5) is 35.6. The first-order valence-electron chi connectivity index (χ1n) is 10.9. The van der Waals surface area contributed by atoms with Crippen molar-refractivity contribution in [3.05, 3.63) is 66.7 Å². The molecule has 0 fully saturated rings. The van der Waals surface area contributed by atoms with Crippen molar-refractivity contribution in [1.82, 2.24) is 25.6 Å². The molecule has 0 spiro atoms. The molecular formula is C26H27N5O3. The lowest BCUT2D eigenvalue weighted by atomic mass is 9.92. The van der Waals surface area contributed by atoms with E-state index in [1.165, 1.54) is 6.92 Å². The van der Waals surface area contributed by atoms with Gasteiger partial charge < -0.3 is 15.0 Å². The predicted molar refractivity (Wildman–Crippen MR) is 132 cm³/mol. The number of amides is 3. The maximum absolute atomic E-state index is 11.9. The largest absolute Gasteiger partial charge is 0.497 e. The van der Waals surface area contributed by atoms with Crippen LogP contribution >= 0.6 is 0 Å². The minimum Gasteiger partial charge on any atom is -0.497 e. The fraction of sp³-hybridized carbons (Fsp3) is 0.231. The van der Waals surface area contributed by atoms with Crippen LogP contribution in [-0.4, -0.2) is 40.5 Å². The molecule has 0 aliphatic rings. The van der Waals surface area contributed by atoms with Gasteiger partial charge in [-0.15, -0.1) is 0 Å². The number of carbonyl (C=O) groups is 2. The normalized spacial score (nSPS) is 11.3. The molecule has 0 unspecified atom stereocenters. The monoisotopic (exact) mass is 457 g/mol. The number of aromatic amines is 1. The Kier molecular flexibility index (Phi) is 6.32. The topological polar surface area (TPSA) is 109 Å². The number of H-pyrrole nitrogens is 1. The van der Waals surface area contributed by atoms with Crippen LogP contribution < -0.4 is 15.4 Å². The zero-order valence-electron chi connectivity index (χ0n) is 19.6. The van der Waals surface area contributed by atoms with Crippen LogP contribution in [0.1, 0.15) is 26.6 Å². The predicted octanol–water partition coefficient (Wildman–Crippen LogP) is 4.42. The summed E-state index contributed by atoms with van der Waals surface area (Å²) < 4.78 is 5.34. The lowest BCUT2D eigenvalue weighted by Gasteiger charge is -2.22. The molecule has 2 heterocycles. The standard InChI is InChI=1S/C26H27N5O3/c1-16(32)29-25(33)28-15-26(2,3)24-30-22(17-9-11-27-12-10-17)23(31-24)20-6-5-19-14-21(34-4)8-7-18(19)13-20/h5-14H,15H2,1-4H3,(H,30,31)(H2,28,29,32,33). The molecule has 2 aromatic heterocycles. The van der Waals surface area contributed by atoms with Crippen LogP contribution in [0.2, 0.25) is 0 Å². The molecule has 8 nitrogen and oxygen atoms in total. The summed E-state index contributed by atoms with van der Waals surface area (Å²) in [5.41, 5.74) is 3.06. The highest BCUT2D eigenvalue weighted by atomic mass is 16.5. The molecule has 4 rings (SSSR count). The quantitative estimate of drug-likeness (QED) is 0.397. The maximum atomic E-state index is 11.9. The summed E-state index contributed by atoms with van der Waals surface area (Å²) >= 11 is 0. The number of nitrogens with one attached hydrogen (secondary N) is 3. The smallest absolute Gasteiger partial charge is 0.321 e. The third-order valence-electron chi connectivity index (χ3n) is 5.62. The minimum atomic E-state index is -0.535. The number of pyridine rings is 1.